The van der Waals surface area contributed by atoms with Crippen LogP contribution >= 0.6 is 0 Å². The van der Waals surface area contributed by atoms with Crippen molar-refractivity contribution in [3.8, 4) is 6.07 Å². The first kappa shape index (κ1) is 13.3. The Morgan fingerprint density at radius 1 is 1.14 bits per heavy atom. The predicted molar refractivity (Wildman–Crippen MR) is 77.4 cm³/mol. The van der Waals surface area contributed by atoms with Crippen LogP contribution in [-0.4, -0.2) is 18.6 Å². The monoisotopic (exact) mass is 297 g/mol. The van der Waals surface area contributed by atoms with Crippen molar-refractivity contribution < 1.29 is 8.42 Å². The highest BCUT2D eigenvalue weighted by molar-refractivity contribution is 7.91. The van der Waals surface area contributed by atoms with Crippen molar-refractivity contribution in [1.29, 1.82) is 5.26 Å². The number of benzene rings is 2. The second kappa shape index (κ2) is 4.72. The zero-order valence-electron chi connectivity index (χ0n) is 11.2. The summed E-state index contributed by atoms with van der Waals surface area (Å²) in [5, 5.41) is 16.0. The number of aromatic amines is 1. The van der Waals surface area contributed by atoms with Crippen LogP contribution in [0.4, 0.5) is 0 Å². The van der Waals surface area contributed by atoms with Gasteiger partial charge in [0, 0.05) is 0 Å². The molecule has 0 saturated heterocycles. The summed E-state index contributed by atoms with van der Waals surface area (Å²) in [5.41, 5.74) is 1.72. The molecule has 0 unspecified atom stereocenters. The van der Waals surface area contributed by atoms with Crippen molar-refractivity contribution in [2.75, 3.05) is 0 Å². The average Bonchev–Trinajstić information content (AvgIpc) is 2.92. The summed E-state index contributed by atoms with van der Waals surface area (Å²) in [6, 6.07) is 13.5. The SMILES string of the molecule is Cc1ccc(S(=O)(=O)c2[nH]nc3cccc(C#N)c23)cc1. The Balaban J connectivity index is 2.30. The molecule has 6 heteroatoms. The lowest BCUT2D eigenvalue weighted by Gasteiger charge is -2.03. The number of nitrogens with zero attached hydrogens (tertiary/aromatic N) is 2. The van der Waals surface area contributed by atoms with E-state index in [9.17, 15) is 8.42 Å². The summed E-state index contributed by atoms with van der Waals surface area (Å²) in [6.45, 7) is 1.88. The lowest BCUT2D eigenvalue weighted by atomic mass is 10.1. The van der Waals surface area contributed by atoms with E-state index in [-0.39, 0.29) is 15.5 Å². The number of aryl methyl sites for hydroxylation is 1. The molecule has 2 aromatic carbocycles. The normalized spacial score (nSPS) is 11.4. The van der Waals surface area contributed by atoms with Crippen molar-refractivity contribution in [2.24, 2.45) is 0 Å². The number of hydrogen-bond donors (Lipinski definition) is 1. The third kappa shape index (κ3) is 2.08. The number of nitriles is 1. The molecule has 3 rings (SSSR count). The van der Waals surface area contributed by atoms with Gasteiger partial charge in [-0.25, -0.2) is 8.42 Å². The standard InChI is InChI=1S/C15H11N3O2S/c1-10-5-7-12(8-6-10)21(19,20)15-14-11(9-16)3-2-4-13(14)17-18-15/h2-8H,1H3,(H,17,18). The molecule has 3 aromatic rings. The van der Waals surface area contributed by atoms with E-state index in [0.29, 0.717) is 10.9 Å². The molecule has 0 aliphatic heterocycles. The minimum absolute atomic E-state index is 0.0431. The number of fused-ring (bicyclic) bond motifs is 1. The molecule has 0 radical (unpaired) electrons. The van der Waals surface area contributed by atoms with E-state index >= 15 is 0 Å². The maximum Gasteiger partial charge on any atom is 0.223 e. The largest absolute Gasteiger partial charge is 0.266 e. The van der Waals surface area contributed by atoms with Crippen LogP contribution in [0, 0.1) is 18.3 Å². The third-order valence-corrected chi connectivity index (χ3v) is 4.99. The van der Waals surface area contributed by atoms with Gasteiger partial charge in [-0.15, -0.1) is 0 Å². The Kier molecular flexibility index (Phi) is 3.00. The minimum atomic E-state index is -3.74. The number of nitrogens with one attached hydrogen (secondary N) is 1. The number of hydrogen-bond acceptors (Lipinski definition) is 4. The van der Waals surface area contributed by atoms with Crippen LogP contribution < -0.4 is 0 Å². The van der Waals surface area contributed by atoms with Crippen molar-refractivity contribution in [1.82, 2.24) is 10.2 Å². The summed E-state index contributed by atoms with van der Waals surface area (Å²) in [7, 11) is -3.74. The summed E-state index contributed by atoms with van der Waals surface area (Å²) in [6.07, 6.45) is 0. The van der Waals surface area contributed by atoms with Gasteiger partial charge in [0.05, 0.1) is 27.4 Å². The van der Waals surface area contributed by atoms with Gasteiger partial charge >= 0.3 is 0 Å². The van der Waals surface area contributed by atoms with Crippen LogP contribution in [0.15, 0.2) is 52.4 Å². The molecule has 0 amide bonds. The maximum atomic E-state index is 12.7. The zero-order chi connectivity index (χ0) is 15.0. The maximum absolute atomic E-state index is 12.7. The molecular weight excluding hydrogens is 286 g/mol. The average molecular weight is 297 g/mol. The predicted octanol–water partition coefficient (Wildman–Crippen LogP) is 2.58. The van der Waals surface area contributed by atoms with E-state index in [1.807, 2.05) is 13.0 Å². The zero-order valence-corrected chi connectivity index (χ0v) is 12.0. The second-order valence-electron chi connectivity index (χ2n) is 4.68. The molecule has 1 N–H and O–H groups in total. The fraction of sp³-hybridized carbons (Fsp3) is 0.0667. The van der Waals surface area contributed by atoms with Crippen LogP contribution in [-0.2, 0) is 9.84 Å². The Bertz CT molecular complexity index is 964. The van der Waals surface area contributed by atoms with Gasteiger partial charge < -0.3 is 0 Å². The summed E-state index contributed by atoms with van der Waals surface area (Å²) < 4.78 is 25.4. The molecule has 1 aromatic heterocycles. The van der Waals surface area contributed by atoms with E-state index in [2.05, 4.69) is 10.2 Å². The summed E-state index contributed by atoms with van der Waals surface area (Å²) in [5.74, 6) is 0. The van der Waals surface area contributed by atoms with E-state index in [1.165, 1.54) is 0 Å². The minimum Gasteiger partial charge on any atom is -0.266 e. The lowest BCUT2D eigenvalue weighted by molar-refractivity contribution is 0.593. The van der Waals surface area contributed by atoms with Crippen molar-refractivity contribution in [2.45, 2.75) is 16.8 Å². The molecule has 0 bridgehead atoms. The van der Waals surface area contributed by atoms with Crippen LogP contribution in [0.5, 0.6) is 0 Å². The first-order chi connectivity index (χ1) is 10.0. The van der Waals surface area contributed by atoms with Gasteiger partial charge in [0.2, 0.25) is 9.84 Å². The molecule has 0 saturated carbocycles. The van der Waals surface area contributed by atoms with Gasteiger partial charge in [-0.2, -0.15) is 10.4 Å². The molecule has 0 aliphatic rings. The summed E-state index contributed by atoms with van der Waals surface area (Å²) in [4.78, 5) is 0.173. The van der Waals surface area contributed by atoms with Crippen molar-refractivity contribution in [3.63, 3.8) is 0 Å². The molecular formula is C15H11N3O2S. The van der Waals surface area contributed by atoms with Gasteiger partial charge in [-0.1, -0.05) is 23.8 Å². The first-order valence-electron chi connectivity index (χ1n) is 6.23. The molecule has 0 spiro atoms. The Labute approximate surface area is 121 Å². The summed E-state index contributed by atoms with van der Waals surface area (Å²) >= 11 is 0. The molecule has 1 heterocycles. The first-order valence-corrected chi connectivity index (χ1v) is 7.71. The van der Waals surface area contributed by atoms with E-state index < -0.39 is 9.84 Å². The highest BCUT2D eigenvalue weighted by Gasteiger charge is 2.24. The Morgan fingerprint density at radius 3 is 2.52 bits per heavy atom. The smallest absolute Gasteiger partial charge is 0.223 e. The fourth-order valence-electron chi connectivity index (χ4n) is 2.16. The van der Waals surface area contributed by atoms with E-state index in [1.54, 1.807) is 42.5 Å². The van der Waals surface area contributed by atoms with Crippen LogP contribution in [0.1, 0.15) is 11.1 Å². The van der Waals surface area contributed by atoms with E-state index in [0.717, 1.165) is 5.56 Å². The van der Waals surface area contributed by atoms with Crippen LogP contribution in [0.2, 0.25) is 0 Å². The number of H-pyrrole nitrogens is 1. The van der Waals surface area contributed by atoms with Crippen molar-refractivity contribution >= 4 is 20.7 Å². The molecule has 0 aliphatic carbocycles. The van der Waals surface area contributed by atoms with Crippen LogP contribution in [0.25, 0.3) is 10.9 Å². The van der Waals surface area contributed by atoms with E-state index in [4.69, 9.17) is 5.26 Å². The molecule has 21 heavy (non-hydrogen) atoms. The number of aromatic nitrogens is 2. The van der Waals surface area contributed by atoms with Gasteiger partial charge in [0.25, 0.3) is 0 Å². The lowest BCUT2D eigenvalue weighted by Crippen LogP contribution is -2.03. The van der Waals surface area contributed by atoms with Gasteiger partial charge in [-0.05, 0) is 31.2 Å². The fourth-order valence-corrected chi connectivity index (χ4v) is 3.54. The Hall–Kier alpha value is -2.65. The van der Waals surface area contributed by atoms with Gasteiger partial charge in [0.1, 0.15) is 0 Å². The molecule has 104 valence electrons. The molecule has 0 fully saturated rings. The molecule has 0 atom stereocenters. The highest BCUT2D eigenvalue weighted by atomic mass is 32.2. The van der Waals surface area contributed by atoms with Crippen molar-refractivity contribution in [3.05, 3.63) is 53.6 Å². The quantitative estimate of drug-likeness (QED) is 0.787. The van der Waals surface area contributed by atoms with Gasteiger partial charge in [0.15, 0.2) is 5.03 Å². The Morgan fingerprint density at radius 2 is 1.86 bits per heavy atom. The third-order valence-electron chi connectivity index (χ3n) is 3.27. The van der Waals surface area contributed by atoms with Crippen LogP contribution in [0.3, 0.4) is 0 Å². The second-order valence-corrected chi connectivity index (χ2v) is 6.57. The number of sulfone groups is 1. The molecule has 5 nitrogen and oxygen atoms in total. The number of rotatable bonds is 2. The van der Waals surface area contributed by atoms with Gasteiger partial charge in [-0.3, -0.25) is 5.10 Å². The highest BCUT2D eigenvalue weighted by Crippen LogP contribution is 2.28. The topological polar surface area (TPSA) is 86.6 Å².